The number of halogens is 4. The van der Waals surface area contributed by atoms with Gasteiger partial charge in [0.25, 0.3) is 0 Å². The molecular weight excluding hydrogens is 340 g/mol. The molecule has 0 unspecified atom stereocenters. The highest BCUT2D eigenvalue weighted by atomic mass is 19.4. The van der Waals surface area contributed by atoms with Crippen molar-refractivity contribution in [1.29, 1.82) is 0 Å². The number of rotatable bonds is 5. The van der Waals surface area contributed by atoms with Crippen molar-refractivity contribution in [1.82, 2.24) is 9.55 Å². The minimum Gasteiger partial charge on any atom is -0.460 e. The molecule has 1 aromatic carbocycles. The van der Waals surface area contributed by atoms with E-state index in [1.165, 1.54) is 35.4 Å². The van der Waals surface area contributed by atoms with E-state index in [0.29, 0.717) is 0 Å². The van der Waals surface area contributed by atoms with E-state index in [2.05, 4.69) is 4.98 Å². The molecule has 2 rings (SSSR count). The Labute approximate surface area is 141 Å². The van der Waals surface area contributed by atoms with Crippen molar-refractivity contribution >= 4 is 12.2 Å². The molecule has 0 N–H and O–H groups in total. The summed E-state index contributed by atoms with van der Waals surface area (Å²) in [6.45, 7) is 2.40. The van der Waals surface area contributed by atoms with Crippen LogP contribution in [0.2, 0.25) is 0 Å². The first kappa shape index (κ1) is 18.7. The van der Waals surface area contributed by atoms with Crippen molar-refractivity contribution in [3.8, 4) is 11.3 Å². The number of hydrogen-bond donors (Lipinski definition) is 0. The largest absolute Gasteiger partial charge is 0.460 e. The Morgan fingerprint density at radius 1 is 1.32 bits per heavy atom. The number of nitrogens with zero attached hydrogens (tertiary/aromatic N) is 2. The van der Waals surface area contributed by atoms with Crippen molar-refractivity contribution in [2.24, 2.45) is 0 Å². The Kier molecular flexibility index (Phi) is 5.61. The zero-order valence-electron chi connectivity index (χ0n) is 13.5. The minimum absolute atomic E-state index is 0.0876. The number of hydrogen-bond acceptors (Lipinski definition) is 3. The van der Waals surface area contributed by atoms with Gasteiger partial charge in [-0.05, 0) is 37.6 Å². The molecule has 0 aliphatic heterocycles. The van der Waals surface area contributed by atoms with Crippen LogP contribution in [0, 0.1) is 0 Å². The Hall–Kier alpha value is -2.64. The summed E-state index contributed by atoms with van der Waals surface area (Å²) in [5.41, 5.74) is -0.666. The predicted octanol–water partition coefficient (Wildman–Crippen LogP) is 4.46. The fraction of sp³-hybridized carbons (Fsp3) is 0.294. The van der Waals surface area contributed by atoms with Crippen molar-refractivity contribution in [3.05, 3.63) is 47.9 Å². The topological polar surface area (TPSA) is 44.1 Å². The number of alkyl halides is 4. The lowest BCUT2D eigenvalue weighted by molar-refractivity contribution is -0.141. The molecule has 25 heavy (non-hydrogen) atoms. The van der Waals surface area contributed by atoms with Crippen LogP contribution in [0.3, 0.4) is 0 Å². The third-order valence-corrected chi connectivity index (χ3v) is 3.11. The van der Waals surface area contributed by atoms with Crippen LogP contribution in [-0.4, -0.2) is 21.6 Å². The molecule has 0 radical (unpaired) electrons. The van der Waals surface area contributed by atoms with Crippen LogP contribution < -0.4 is 0 Å². The number of benzene rings is 1. The lowest BCUT2D eigenvalue weighted by atomic mass is 10.0. The molecule has 0 amide bonds. The summed E-state index contributed by atoms with van der Waals surface area (Å²) in [4.78, 5) is 15.4. The molecule has 0 spiro atoms. The molecule has 2 aromatic rings. The average molecular weight is 356 g/mol. The molecule has 0 aliphatic rings. The van der Waals surface area contributed by atoms with E-state index in [0.717, 1.165) is 12.1 Å². The van der Waals surface area contributed by atoms with E-state index in [-0.39, 0.29) is 22.9 Å². The second kappa shape index (κ2) is 7.50. The molecule has 0 saturated carbocycles. The molecule has 8 heteroatoms. The smallest absolute Gasteiger partial charge is 0.416 e. The predicted molar refractivity (Wildman–Crippen MR) is 84.0 cm³/mol. The van der Waals surface area contributed by atoms with Gasteiger partial charge in [0.15, 0.2) is 0 Å². The Morgan fingerprint density at radius 2 is 2.04 bits per heavy atom. The Balaban J connectivity index is 2.27. The number of ether oxygens (including phenoxy) is 1. The van der Waals surface area contributed by atoms with Gasteiger partial charge in [0, 0.05) is 24.0 Å². The molecule has 0 aliphatic carbocycles. The average Bonchev–Trinajstić information content (AvgIpc) is 3.00. The van der Waals surface area contributed by atoms with Gasteiger partial charge in [-0.15, -0.1) is 0 Å². The van der Waals surface area contributed by atoms with Crippen LogP contribution in [0.25, 0.3) is 17.5 Å². The van der Waals surface area contributed by atoms with E-state index >= 15 is 0 Å². The van der Waals surface area contributed by atoms with Crippen LogP contribution in [0.15, 0.2) is 36.8 Å². The van der Waals surface area contributed by atoms with Crippen LogP contribution in [0.5, 0.6) is 0 Å². The molecule has 4 nitrogen and oxygen atoms in total. The molecule has 1 heterocycles. The van der Waals surface area contributed by atoms with E-state index in [1.807, 2.05) is 0 Å². The second-order valence-electron chi connectivity index (χ2n) is 5.56. The van der Waals surface area contributed by atoms with Gasteiger partial charge in [-0.2, -0.15) is 13.2 Å². The maximum absolute atomic E-state index is 12.9. The second-order valence-corrected chi connectivity index (χ2v) is 5.56. The third kappa shape index (κ3) is 5.17. The number of carbonyl (C=O) groups is 1. The first-order valence-corrected chi connectivity index (χ1v) is 7.39. The number of carbonyl (C=O) groups excluding carboxylic acids is 1. The van der Waals surface area contributed by atoms with Crippen molar-refractivity contribution in [2.45, 2.75) is 32.8 Å². The highest BCUT2D eigenvalue weighted by Gasteiger charge is 2.31. The van der Waals surface area contributed by atoms with Gasteiger partial charge < -0.3 is 9.30 Å². The summed E-state index contributed by atoms with van der Waals surface area (Å²) in [6, 6.07) is 2.98. The number of aromatic nitrogens is 2. The molecule has 0 atom stereocenters. The van der Waals surface area contributed by atoms with Crippen molar-refractivity contribution in [3.63, 3.8) is 0 Å². The summed E-state index contributed by atoms with van der Waals surface area (Å²) in [7, 11) is 0. The van der Waals surface area contributed by atoms with Gasteiger partial charge >= 0.3 is 12.1 Å². The summed E-state index contributed by atoms with van der Waals surface area (Å²) in [6.07, 6.45) is 0.443. The van der Waals surface area contributed by atoms with Crippen LogP contribution in [0.1, 0.15) is 25.0 Å². The zero-order chi connectivity index (χ0) is 18.6. The standard InChI is InChI=1S/C17H16F4N2O2/c1-11(2)25-16(24)3-4-23-9-15(22-10-23)13-5-12(8-18)6-14(7-13)17(19,20)21/h3-7,9-11H,8H2,1-2H3/b4-3-. The maximum Gasteiger partial charge on any atom is 0.416 e. The fourth-order valence-electron chi connectivity index (χ4n) is 2.07. The number of esters is 1. The quantitative estimate of drug-likeness (QED) is 0.451. The monoisotopic (exact) mass is 356 g/mol. The highest BCUT2D eigenvalue weighted by Crippen LogP contribution is 2.33. The van der Waals surface area contributed by atoms with Gasteiger partial charge in [0.05, 0.1) is 23.7 Å². The molecule has 0 fully saturated rings. The zero-order valence-corrected chi connectivity index (χ0v) is 13.5. The fourth-order valence-corrected chi connectivity index (χ4v) is 2.07. The molecule has 0 saturated heterocycles. The van der Waals surface area contributed by atoms with E-state index < -0.39 is 24.4 Å². The SMILES string of the molecule is CC(C)OC(=O)/C=C\n1cnc(-c2cc(CF)cc(C(F)(F)F)c2)c1. The van der Waals surface area contributed by atoms with E-state index in [1.54, 1.807) is 13.8 Å². The van der Waals surface area contributed by atoms with Gasteiger partial charge in [-0.1, -0.05) is 0 Å². The molecule has 0 bridgehead atoms. The van der Waals surface area contributed by atoms with Crippen molar-refractivity contribution in [2.75, 3.05) is 0 Å². The van der Waals surface area contributed by atoms with E-state index in [9.17, 15) is 22.4 Å². The summed E-state index contributed by atoms with van der Waals surface area (Å²) < 4.78 is 57.9. The van der Waals surface area contributed by atoms with Crippen LogP contribution in [-0.2, 0) is 22.4 Å². The molecular formula is C17H16F4N2O2. The van der Waals surface area contributed by atoms with Gasteiger partial charge in [-0.25, -0.2) is 14.2 Å². The summed E-state index contributed by atoms with van der Waals surface area (Å²) in [5, 5.41) is 0. The van der Waals surface area contributed by atoms with Gasteiger partial charge in [0.2, 0.25) is 0 Å². The minimum atomic E-state index is -4.58. The van der Waals surface area contributed by atoms with Crippen molar-refractivity contribution < 1.29 is 27.1 Å². The Morgan fingerprint density at radius 3 is 2.64 bits per heavy atom. The Bertz CT molecular complexity index is 779. The van der Waals surface area contributed by atoms with Crippen LogP contribution in [0.4, 0.5) is 17.6 Å². The van der Waals surface area contributed by atoms with E-state index in [4.69, 9.17) is 4.74 Å². The maximum atomic E-state index is 12.9. The summed E-state index contributed by atoms with van der Waals surface area (Å²) >= 11 is 0. The van der Waals surface area contributed by atoms with Gasteiger partial charge in [0.1, 0.15) is 6.67 Å². The lowest BCUT2D eigenvalue weighted by Crippen LogP contribution is -2.08. The molecule has 1 aromatic heterocycles. The first-order valence-electron chi connectivity index (χ1n) is 7.39. The normalized spacial score (nSPS) is 12.1. The third-order valence-electron chi connectivity index (χ3n) is 3.11. The number of imidazole rings is 1. The first-order chi connectivity index (χ1) is 11.7. The van der Waals surface area contributed by atoms with Crippen LogP contribution >= 0.6 is 0 Å². The lowest BCUT2D eigenvalue weighted by Gasteiger charge is -2.10. The highest BCUT2D eigenvalue weighted by molar-refractivity contribution is 5.85. The van der Waals surface area contributed by atoms with Gasteiger partial charge in [-0.3, -0.25) is 0 Å². The summed E-state index contributed by atoms with van der Waals surface area (Å²) in [5.74, 6) is -0.552. The molecule has 134 valence electrons.